The maximum absolute atomic E-state index is 12.3. The predicted molar refractivity (Wildman–Crippen MR) is 99.9 cm³/mol. The smallest absolute Gasteiger partial charge is 0.408 e. The van der Waals surface area contributed by atoms with Crippen LogP contribution in [-0.4, -0.2) is 29.6 Å². The van der Waals surface area contributed by atoms with Gasteiger partial charge in [-0.3, -0.25) is 20.4 Å². The summed E-state index contributed by atoms with van der Waals surface area (Å²) in [7, 11) is 0. The largest absolute Gasteiger partial charge is 0.444 e. The molecule has 7 nitrogen and oxygen atoms in total. The van der Waals surface area contributed by atoms with E-state index >= 15 is 0 Å². The summed E-state index contributed by atoms with van der Waals surface area (Å²) in [6.45, 7) is 8.92. The van der Waals surface area contributed by atoms with Crippen molar-refractivity contribution in [1.29, 1.82) is 0 Å². The highest BCUT2D eigenvalue weighted by molar-refractivity contribution is 7.14. The molecule has 1 aliphatic carbocycles. The first kappa shape index (κ1) is 20.2. The fourth-order valence-electron chi connectivity index (χ4n) is 2.66. The third kappa shape index (κ3) is 5.72. The number of nitrogens with one attached hydrogen (secondary N) is 3. The lowest BCUT2D eigenvalue weighted by Gasteiger charge is -2.21. The highest BCUT2D eigenvalue weighted by atomic mass is 32.1. The fraction of sp³-hybridized carbons (Fsp3) is 0.611. The van der Waals surface area contributed by atoms with E-state index < -0.39 is 23.6 Å². The van der Waals surface area contributed by atoms with Crippen LogP contribution in [0.5, 0.6) is 0 Å². The van der Waals surface area contributed by atoms with Gasteiger partial charge in [0.2, 0.25) is 0 Å². The van der Waals surface area contributed by atoms with Gasteiger partial charge in [0.15, 0.2) is 0 Å². The number of thiophene rings is 1. The van der Waals surface area contributed by atoms with E-state index in [1.165, 1.54) is 28.7 Å². The molecule has 8 heteroatoms. The van der Waals surface area contributed by atoms with Gasteiger partial charge in [-0.25, -0.2) is 4.79 Å². The Bertz CT molecular complexity index is 693. The second-order valence-electron chi connectivity index (χ2n) is 7.72. The molecule has 144 valence electrons. The highest BCUT2D eigenvalue weighted by Gasteiger charge is 2.23. The molecule has 0 bridgehead atoms. The molecule has 1 aromatic heterocycles. The van der Waals surface area contributed by atoms with Crippen molar-refractivity contribution in [2.24, 2.45) is 5.92 Å². The maximum Gasteiger partial charge on any atom is 0.408 e. The molecular weight excluding hydrogens is 354 g/mol. The van der Waals surface area contributed by atoms with Crippen LogP contribution in [0.3, 0.4) is 0 Å². The zero-order valence-corrected chi connectivity index (χ0v) is 16.7. The van der Waals surface area contributed by atoms with E-state index in [4.69, 9.17) is 4.74 Å². The number of hydrogen-bond acceptors (Lipinski definition) is 5. The molecule has 26 heavy (non-hydrogen) atoms. The zero-order chi connectivity index (χ0) is 19.5. The van der Waals surface area contributed by atoms with E-state index in [0.717, 1.165) is 19.3 Å². The number of carbonyl (C=O) groups is 3. The Balaban J connectivity index is 1.83. The molecule has 3 amide bonds. The maximum atomic E-state index is 12.3. The van der Waals surface area contributed by atoms with E-state index in [0.29, 0.717) is 10.8 Å². The molecule has 0 saturated carbocycles. The van der Waals surface area contributed by atoms with E-state index in [1.54, 1.807) is 20.8 Å². The van der Waals surface area contributed by atoms with Crippen LogP contribution >= 0.6 is 11.3 Å². The molecular formula is C18H27N3O4S. The van der Waals surface area contributed by atoms with Crippen molar-refractivity contribution in [1.82, 2.24) is 16.2 Å². The normalized spacial score (nSPS) is 17.7. The highest BCUT2D eigenvalue weighted by Crippen LogP contribution is 2.32. The zero-order valence-electron chi connectivity index (χ0n) is 15.9. The topological polar surface area (TPSA) is 96.5 Å². The Morgan fingerprint density at radius 1 is 1.27 bits per heavy atom. The molecule has 0 radical (unpaired) electrons. The second-order valence-corrected chi connectivity index (χ2v) is 8.86. The summed E-state index contributed by atoms with van der Waals surface area (Å²) in [5.74, 6) is -0.249. The Morgan fingerprint density at radius 2 is 1.96 bits per heavy atom. The average Bonchev–Trinajstić information content (AvgIpc) is 2.93. The second kappa shape index (κ2) is 8.07. The van der Waals surface area contributed by atoms with Gasteiger partial charge in [-0.05, 0) is 64.5 Å². The summed E-state index contributed by atoms with van der Waals surface area (Å²) in [4.78, 5) is 37.8. The monoisotopic (exact) mass is 381 g/mol. The molecule has 3 N–H and O–H groups in total. The molecule has 2 atom stereocenters. The molecule has 0 aliphatic heterocycles. The summed E-state index contributed by atoms with van der Waals surface area (Å²) < 4.78 is 5.09. The molecule has 0 spiro atoms. The number of rotatable bonds is 3. The molecule has 2 rings (SSSR count). The average molecular weight is 381 g/mol. The molecule has 0 unspecified atom stereocenters. The van der Waals surface area contributed by atoms with Crippen LogP contribution in [0.4, 0.5) is 4.79 Å². The first-order valence-electron chi connectivity index (χ1n) is 8.76. The van der Waals surface area contributed by atoms with Crippen LogP contribution in [0.1, 0.15) is 61.2 Å². The number of carbonyl (C=O) groups excluding carboxylic acids is 3. The van der Waals surface area contributed by atoms with Gasteiger partial charge >= 0.3 is 6.09 Å². The minimum atomic E-state index is -0.845. The number of aryl methyl sites for hydroxylation is 1. The van der Waals surface area contributed by atoms with Crippen molar-refractivity contribution in [2.75, 3.05) is 0 Å². The number of hydrogen-bond donors (Lipinski definition) is 3. The van der Waals surface area contributed by atoms with E-state index in [2.05, 4.69) is 23.1 Å². The lowest BCUT2D eigenvalue weighted by atomic mass is 9.90. The number of alkyl carbamates (subject to hydrolysis) is 1. The van der Waals surface area contributed by atoms with Crippen LogP contribution in [0, 0.1) is 5.92 Å². The van der Waals surface area contributed by atoms with Crippen molar-refractivity contribution < 1.29 is 19.1 Å². The Kier molecular flexibility index (Phi) is 6.28. The van der Waals surface area contributed by atoms with Crippen molar-refractivity contribution >= 4 is 29.2 Å². The van der Waals surface area contributed by atoms with Crippen molar-refractivity contribution in [3.8, 4) is 0 Å². The molecule has 0 fully saturated rings. The minimum absolute atomic E-state index is 0.352. The summed E-state index contributed by atoms with van der Waals surface area (Å²) in [5, 5.41) is 2.42. The van der Waals surface area contributed by atoms with Crippen LogP contribution in [0.15, 0.2) is 6.07 Å². The first-order valence-corrected chi connectivity index (χ1v) is 9.58. The minimum Gasteiger partial charge on any atom is -0.444 e. The van der Waals surface area contributed by atoms with Gasteiger partial charge in [0, 0.05) is 4.88 Å². The van der Waals surface area contributed by atoms with E-state index in [-0.39, 0.29) is 5.91 Å². The summed E-state index contributed by atoms with van der Waals surface area (Å²) in [6.07, 6.45) is 2.44. The lowest BCUT2D eigenvalue weighted by Crippen LogP contribution is -2.51. The number of hydrazine groups is 1. The number of ether oxygens (including phenoxy) is 1. The summed E-state index contributed by atoms with van der Waals surface area (Å²) in [6, 6.07) is 1.06. The van der Waals surface area contributed by atoms with Gasteiger partial charge in [-0.2, -0.15) is 0 Å². The number of fused-ring (bicyclic) bond motifs is 1. The van der Waals surface area contributed by atoms with Crippen LogP contribution in [0.2, 0.25) is 0 Å². The van der Waals surface area contributed by atoms with Gasteiger partial charge in [0.25, 0.3) is 11.8 Å². The van der Waals surface area contributed by atoms with Crippen LogP contribution in [-0.2, 0) is 22.4 Å². The standard InChI is InChI=1S/C18H27N3O4S/c1-10-6-7-13-12(8-10)9-14(26-13)16(23)21-20-15(22)11(2)19-17(24)25-18(3,4)5/h9-11H,6-8H2,1-5H3,(H,19,24)(H,20,22)(H,21,23)/t10-,11-/m1/s1. The van der Waals surface area contributed by atoms with Crippen molar-refractivity contribution in [3.05, 3.63) is 21.4 Å². The third-order valence-corrected chi connectivity index (χ3v) is 5.21. The van der Waals surface area contributed by atoms with E-state index in [9.17, 15) is 14.4 Å². The first-order chi connectivity index (χ1) is 12.0. The summed E-state index contributed by atoms with van der Waals surface area (Å²) >= 11 is 1.47. The van der Waals surface area contributed by atoms with Gasteiger partial charge in [0.05, 0.1) is 4.88 Å². The Labute approximate surface area is 157 Å². The SMILES string of the molecule is C[C@@H]1CCc2sc(C(=O)NNC(=O)[C@@H](C)NC(=O)OC(C)(C)C)cc2C1. The molecule has 1 aliphatic rings. The van der Waals surface area contributed by atoms with Gasteiger partial charge in [-0.15, -0.1) is 11.3 Å². The van der Waals surface area contributed by atoms with Gasteiger partial charge in [0.1, 0.15) is 11.6 Å². The Hall–Kier alpha value is -2.09. The lowest BCUT2D eigenvalue weighted by molar-refractivity contribution is -0.123. The van der Waals surface area contributed by atoms with Gasteiger partial charge < -0.3 is 10.1 Å². The predicted octanol–water partition coefficient (Wildman–Crippen LogP) is 2.55. The van der Waals surface area contributed by atoms with Crippen molar-refractivity contribution in [3.63, 3.8) is 0 Å². The molecule has 1 aromatic rings. The van der Waals surface area contributed by atoms with E-state index in [1.807, 2.05) is 6.07 Å². The fourth-order valence-corrected chi connectivity index (χ4v) is 3.76. The van der Waals surface area contributed by atoms with Crippen LogP contribution < -0.4 is 16.2 Å². The molecule has 1 heterocycles. The van der Waals surface area contributed by atoms with Crippen molar-refractivity contribution in [2.45, 2.75) is 65.5 Å². The van der Waals surface area contributed by atoms with Crippen LogP contribution in [0.25, 0.3) is 0 Å². The van der Waals surface area contributed by atoms with Gasteiger partial charge in [-0.1, -0.05) is 6.92 Å². The molecule has 0 saturated heterocycles. The third-order valence-electron chi connectivity index (χ3n) is 3.98. The Morgan fingerprint density at radius 3 is 2.62 bits per heavy atom. The molecule has 0 aromatic carbocycles. The quantitative estimate of drug-likeness (QED) is 0.701. The summed E-state index contributed by atoms with van der Waals surface area (Å²) in [5.41, 5.74) is 5.32. The number of amides is 3.